The van der Waals surface area contributed by atoms with Gasteiger partial charge in [-0.3, -0.25) is 19.4 Å². The molecule has 3 aromatic rings. The average molecular weight is 479 g/mol. The van der Waals surface area contributed by atoms with Gasteiger partial charge in [0, 0.05) is 38.2 Å². The molecule has 4 rings (SSSR count). The first-order chi connectivity index (χ1) is 16.9. The SMILES string of the molecule is COc1cccc2c(=O)[nH]c(CCC(=O)N3CCC(NC(=O)c4ccc(C(=O)O)cn4)CC3)nc12. The van der Waals surface area contributed by atoms with Crippen molar-refractivity contribution in [3.8, 4) is 5.75 Å². The zero-order valence-corrected chi connectivity index (χ0v) is 19.1. The van der Waals surface area contributed by atoms with E-state index in [1.165, 1.54) is 19.2 Å². The van der Waals surface area contributed by atoms with Crippen LogP contribution in [0.3, 0.4) is 0 Å². The molecule has 182 valence electrons. The van der Waals surface area contributed by atoms with Gasteiger partial charge in [-0.2, -0.15) is 0 Å². The molecule has 1 saturated heterocycles. The number of hydrogen-bond donors (Lipinski definition) is 3. The van der Waals surface area contributed by atoms with E-state index in [4.69, 9.17) is 9.84 Å². The van der Waals surface area contributed by atoms with Crippen LogP contribution in [0.25, 0.3) is 10.9 Å². The van der Waals surface area contributed by atoms with Crippen molar-refractivity contribution < 1.29 is 24.2 Å². The van der Waals surface area contributed by atoms with E-state index >= 15 is 0 Å². The molecule has 1 aliphatic heterocycles. The molecule has 1 fully saturated rings. The Morgan fingerprint density at radius 2 is 1.97 bits per heavy atom. The molecule has 0 radical (unpaired) electrons. The van der Waals surface area contributed by atoms with Gasteiger partial charge in [0.05, 0.1) is 18.1 Å². The zero-order valence-electron chi connectivity index (χ0n) is 19.1. The van der Waals surface area contributed by atoms with Crippen molar-refractivity contribution >= 4 is 28.7 Å². The topological polar surface area (TPSA) is 155 Å². The Kier molecular flexibility index (Phi) is 7.04. The van der Waals surface area contributed by atoms with E-state index in [2.05, 4.69) is 20.3 Å². The van der Waals surface area contributed by atoms with Crippen LogP contribution in [0.4, 0.5) is 0 Å². The number of piperidine rings is 1. The number of aromatic carboxylic acids is 1. The maximum Gasteiger partial charge on any atom is 0.337 e. The van der Waals surface area contributed by atoms with Crippen LogP contribution in [0.5, 0.6) is 5.75 Å². The molecule has 0 spiro atoms. The van der Waals surface area contributed by atoms with Gasteiger partial charge in [-0.15, -0.1) is 0 Å². The van der Waals surface area contributed by atoms with Crippen LogP contribution in [0.2, 0.25) is 0 Å². The molecule has 0 aliphatic carbocycles. The van der Waals surface area contributed by atoms with Crippen LogP contribution in [0.15, 0.2) is 41.3 Å². The van der Waals surface area contributed by atoms with E-state index in [1.54, 1.807) is 23.1 Å². The number of H-pyrrole nitrogens is 1. The van der Waals surface area contributed by atoms with Crippen LogP contribution < -0.4 is 15.6 Å². The van der Waals surface area contributed by atoms with Crippen molar-refractivity contribution in [1.29, 1.82) is 0 Å². The lowest BCUT2D eigenvalue weighted by atomic mass is 10.0. The maximum absolute atomic E-state index is 12.7. The number of ether oxygens (including phenoxy) is 1. The number of hydrogen-bond acceptors (Lipinski definition) is 7. The number of nitrogens with zero attached hydrogens (tertiary/aromatic N) is 3. The van der Waals surface area contributed by atoms with E-state index < -0.39 is 5.97 Å². The number of amides is 2. The molecule has 0 unspecified atom stereocenters. The van der Waals surface area contributed by atoms with Crippen molar-refractivity contribution in [1.82, 2.24) is 25.2 Å². The number of methoxy groups -OCH3 is 1. The molecule has 0 bridgehead atoms. The second-order valence-corrected chi connectivity index (χ2v) is 8.23. The first-order valence-electron chi connectivity index (χ1n) is 11.2. The monoisotopic (exact) mass is 479 g/mol. The number of aromatic nitrogens is 3. The molecule has 2 amide bonds. The third-order valence-corrected chi connectivity index (χ3v) is 5.97. The summed E-state index contributed by atoms with van der Waals surface area (Å²) in [4.78, 5) is 61.2. The molecule has 0 atom stereocenters. The zero-order chi connectivity index (χ0) is 24.9. The van der Waals surface area contributed by atoms with Gasteiger partial charge in [-0.05, 0) is 37.1 Å². The Labute approximate surface area is 200 Å². The average Bonchev–Trinajstić information content (AvgIpc) is 2.87. The Hall–Kier alpha value is -4.28. The number of pyridine rings is 1. The number of carbonyl (C=O) groups is 3. The van der Waals surface area contributed by atoms with Crippen LogP contribution in [0.1, 0.15) is 45.9 Å². The second-order valence-electron chi connectivity index (χ2n) is 8.23. The minimum Gasteiger partial charge on any atom is -0.494 e. The highest BCUT2D eigenvalue weighted by molar-refractivity contribution is 5.94. The minimum absolute atomic E-state index is 0.00970. The lowest BCUT2D eigenvalue weighted by molar-refractivity contribution is -0.132. The van der Waals surface area contributed by atoms with Gasteiger partial charge in [0.25, 0.3) is 11.5 Å². The molecule has 3 N–H and O–H groups in total. The van der Waals surface area contributed by atoms with Crippen LogP contribution in [-0.4, -0.2) is 69.0 Å². The minimum atomic E-state index is -1.11. The second kappa shape index (κ2) is 10.3. The number of para-hydroxylation sites is 1. The van der Waals surface area contributed by atoms with Crippen molar-refractivity contribution in [2.24, 2.45) is 0 Å². The number of likely N-dealkylation sites (tertiary alicyclic amines) is 1. The lowest BCUT2D eigenvalue weighted by Gasteiger charge is -2.32. The van der Waals surface area contributed by atoms with Crippen molar-refractivity contribution in [2.45, 2.75) is 31.7 Å². The van der Waals surface area contributed by atoms with E-state index in [1.807, 2.05) is 0 Å². The molecule has 0 saturated carbocycles. The molecule has 2 aromatic heterocycles. The highest BCUT2D eigenvalue weighted by atomic mass is 16.5. The Bertz CT molecular complexity index is 1310. The first-order valence-corrected chi connectivity index (χ1v) is 11.2. The van der Waals surface area contributed by atoms with Gasteiger partial charge in [-0.25, -0.2) is 9.78 Å². The quantitative estimate of drug-likeness (QED) is 0.459. The Morgan fingerprint density at radius 3 is 2.63 bits per heavy atom. The molecular weight excluding hydrogens is 454 g/mol. The molecule has 11 heteroatoms. The van der Waals surface area contributed by atoms with Gasteiger partial charge in [0.1, 0.15) is 22.8 Å². The van der Waals surface area contributed by atoms with Crippen molar-refractivity contribution in [2.75, 3.05) is 20.2 Å². The Balaban J connectivity index is 1.29. The fourth-order valence-electron chi connectivity index (χ4n) is 4.04. The number of fused-ring (bicyclic) bond motifs is 1. The number of benzene rings is 1. The van der Waals surface area contributed by atoms with Crippen molar-refractivity contribution in [3.05, 3.63) is 64.0 Å². The highest BCUT2D eigenvalue weighted by Gasteiger charge is 2.24. The molecule has 35 heavy (non-hydrogen) atoms. The van der Waals surface area contributed by atoms with Gasteiger partial charge < -0.3 is 25.0 Å². The molecule has 3 heterocycles. The summed E-state index contributed by atoms with van der Waals surface area (Å²) >= 11 is 0. The Morgan fingerprint density at radius 1 is 1.20 bits per heavy atom. The standard InChI is InChI=1S/C24H25N5O6/c1-35-18-4-2-3-16-21(18)27-19(28-22(16)31)7-8-20(30)29-11-9-15(10-12-29)26-23(32)17-6-5-14(13-25-17)24(33)34/h2-6,13,15H,7-12H2,1H3,(H,26,32)(H,33,34)(H,27,28,31). The normalized spacial score (nSPS) is 14.0. The van der Waals surface area contributed by atoms with Crippen molar-refractivity contribution in [3.63, 3.8) is 0 Å². The van der Waals surface area contributed by atoms with Gasteiger partial charge in [0.15, 0.2) is 0 Å². The molecule has 1 aliphatic rings. The summed E-state index contributed by atoms with van der Waals surface area (Å²) in [6, 6.07) is 7.71. The third-order valence-electron chi connectivity index (χ3n) is 5.97. The summed E-state index contributed by atoms with van der Waals surface area (Å²) in [5.41, 5.74) is 0.335. The van der Waals surface area contributed by atoms with Gasteiger partial charge in [-0.1, -0.05) is 6.07 Å². The maximum atomic E-state index is 12.7. The van der Waals surface area contributed by atoms with E-state index in [-0.39, 0.29) is 47.5 Å². The van der Waals surface area contributed by atoms with E-state index in [9.17, 15) is 19.2 Å². The fourth-order valence-corrected chi connectivity index (χ4v) is 4.04. The fraction of sp³-hybridized carbons (Fsp3) is 0.333. The highest BCUT2D eigenvalue weighted by Crippen LogP contribution is 2.21. The number of aryl methyl sites for hydroxylation is 1. The summed E-state index contributed by atoms with van der Waals surface area (Å²) in [6.45, 7) is 0.981. The van der Waals surface area contributed by atoms with Gasteiger partial charge >= 0.3 is 5.97 Å². The van der Waals surface area contributed by atoms with E-state index in [0.29, 0.717) is 48.4 Å². The third kappa shape index (κ3) is 5.45. The molecular formula is C24H25N5O6. The smallest absolute Gasteiger partial charge is 0.337 e. The number of carbonyl (C=O) groups excluding carboxylic acids is 2. The van der Waals surface area contributed by atoms with Crippen LogP contribution in [-0.2, 0) is 11.2 Å². The number of aromatic amines is 1. The van der Waals surface area contributed by atoms with Gasteiger partial charge in [0.2, 0.25) is 5.91 Å². The largest absolute Gasteiger partial charge is 0.494 e. The predicted molar refractivity (Wildman–Crippen MR) is 126 cm³/mol. The van der Waals surface area contributed by atoms with E-state index in [0.717, 1.165) is 6.20 Å². The summed E-state index contributed by atoms with van der Waals surface area (Å²) in [5, 5.41) is 12.2. The van der Waals surface area contributed by atoms with Crippen LogP contribution >= 0.6 is 0 Å². The lowest BCUT2D eigenvalue weighted by Crippen LogP contribution is -2.46. The number of nitrogens with one attached hydrogen (secondary N) is 2. The summed E-state index contributed by atoms with van der Waals surface area (Å²) < 4.78 is 5.29. The molecule has 1 aromatic carbocycles. The number of carboxylic acid groups (broad SMARTS) is 1. The summed E-state index contributed by atoms with van der Waals surface area (Å²) in [6.07, 6.45) is 2.81. The first kappa shape index (κ1) is 23.9. The van der Waals surface area contributed by atoms with Crippen LogP contribution in [0, 0.1) is 0 Å². The molecule has 11 nitrogen and oxygen atoms in total. The predicted octanol–water partition coefficient (Wildman–Crippen LogP) is 1.38. The number of rotatable bonds is 7. The summed E-state index contributed by atoms with van der Waals surface area (Å²) in [5.74, 6) is -0.622. The number of carboxylic acids is 1. The summed E-state index contributed by atoms with van der Waals surface area (Å²) in [7, 11) is 1.51.